The monoisotopic (exact) mass is 281 g/mol. The molecule has 2 N–H and O–H groups in total. The molecule has 6 nitrogen and oxygen atoms in total. The summed E-state index contributed by atoms with van der Waals surface area (Å²) in [5, 5.41) is 4.21. The van der Waals surface area contributed by atoms with E-state index in [1.807, 2.05) is 6.92 Å². The fourth-order valence-electron chi connectivity index (χ4n) is 2.52. The number of ether oxygens (including phenoxy) is 2. The van der Waals surface area contributed by atoms with Crippen molar-refractivity contribution < 1.29 is 14.3 Å². The first-order valence-corrected chi connectivity index (χ1v) is 7.23. The molecule has 1 fully saturated rings. The first-order valence-electron chi connectivity index (χ1n) is 7.23. The van der Waals surface area contributed by atoms with Crippen molar-refractivity contribution in [3.63, 3.8) is 0 Å². The average molecular weight is 281 g/mol. The standard InChI is InChI=1S/C14H23N3O3/c1-3-11-12(15)13(17(2)16-11)14(18)20-9-5-7-10-6-4-8-19-10/h10H,3-9,15H2,1-2H3. The van der Waals surface area contributed by atoms with Gasteiger partial charge >= 0.3 is 5.97 Å². The molecule has 1 saturated heterocycles. The number of aryl methyl sites for hydroxylation is 2. The summed E-state index contributed by atoms with van der Waals surface area (Å²) in [6.45, 7) is 3.20. The van der Waals surface area contributed by atoms with Crippen LogP contribution < -0.4 is 5.73 Å². The molecule has 1 atom stereocenters. The Morgan fingerprint density at radius 3 is 3.00 bits per heavy atom. The lowest BCUT2D eigenvalue weighted by atomic mass is 10.1. The van der Waals surface area contributed by atoms with Gasteiger partial charge in [0.2, 0.25) is 0 Å². The number of hydrogen-bond acceptors (Lipinski definition) is 5. The fourth-order valence-corrected chi connectivity index (χ4v) is 2.52. The zero-order chi connectivity index (χ0) is 14.5. The number of rotatable bonds is 6. The van der Waals surface area contributed by atoms with Gasteiger partial charge in [-0.1, -0.05) is 6.92 Å². The molecular formula is C14H23N3O3. The summed E-state index contributed by atoms with van der Waals surface area (Å²) in [6.07, 6.45) is 5.04. The van der Waals surface area contributed by atoms with Crippen molar-refractivity contribution in [2.45, 2.75) is 45.1 Å². The molecule has 112 valence electrons. The van der Waals surface area contributed by atoms with Crippen molar-refractivity contribution in [1.29, 1.82) is 0 Å². The van der Waals surface area contributed by atoms with E-state index in [9.17, 15) is 4.79 Å². The van der Waals surface area contributed by atoms with Crippen LogP contribution in [0.1, 0.15) is 48.8 Å². The van der Waals surface area contributed by atoms with E-state index in [-0.39, 0.29) is 0 Å². The number of anilines is 1. The Hall–Kier alpha value is -1.56. The summed E-state index contributed by atoms with van der Waals surface area (Å²) in [6, 6.07) is 0. The minimum Gasteiger partial charge on any atom is -0.461 e. The molecule has 0 aromatic carbocycles. The van der Waals surface area contributed by atoms with Crippen LogP contribution in [0.15, 0.2) is 0 Å². The van der Waals surface area contributed by atoms with Crippen LogP contribution in [0.25, 0.3) is 0 Å². The lowest BCUT2D eigenvalue weighted by Gasteiger charge is -2.09. The van der Waals surface area contributed by atoms with Crippen molar-refractivity contribution in [1.82, 2.24) is 9.78 Å². The SMILES string of the molecule is CCc1nn(C)c(C(=O)OCCCC2CCCO2)c1N. The number of esters is 1. The van der Waals surface area contributed by atoms with Crippen LogP contribution in [0.2, 0.25) is 0 Å². The normalized spacial score (nSPS) is 18.4. The molecule has 0 aliphatic carbocycles. The molecule has 0 saturated carbocycles. The average Bonchev–Trinajstić information content (AvgIpc) is 3.02. The van der Waals surface area contributed by atoms with E-state index >= 15 is 0 Å². The summed E-state index contributed by atoms with van der Waals surface area (Å²) in [4.78, 5) is 12.0. The van der Waals surface area contributed by atoms with E-state index in [4.69, 9.17) is 15.2 Å². The van der Waals surface area contributed by atoms with E-state index in [2.05, 4.69) is 5.10 Å². The molecule has 2 heterocycles. The van der Waals surface area contributed by atoms with E-state index in [1.165, 1.54) is 4.68 Å². The molecule has 1 aliphatic rings. The smallest absolute Gasteiger partial charge is 0.358 e. The predicted molar refractivity (Wildman–Crippen MR) is 75.5 cm³/mol. The maximum Gasteiger partial charge on any atom is 0.358 e. The summed E-state index contributed by atoms with van der Waals surface area (Å²) < 4.78 is 12.3. The minimum atomic E-state index is -0.399. The van der Waals surface area contributed by atoms with Crippen LogP contribution >= 0.6 is 0 Å². The number of nitrogens with two attached hydrogens (primary N) is 1. The minimum absolute atomic E-state index is 0.335. The van der Waals surface area contributed by atoms with Gasteiger partial charge in [-0.3, -0.25) is 4.68 Å². The summed E-state index contributed by atoms with van der Waals surface area (Å²) in [5.74, 6) is -0.399. The Morgan fingerprint density at radius 1 is 1.60 bits per heavy atom. The highest BCUT2D eigenvalue weighted by atomic mass is 16.5. The van der Waals surface area contributed by atoms with Gasteiger partial charge in [0.25, 0.3) is 0 Å². The number of aromatic nitrogens is 2. The first-order chi connectivity index (χ1) is 9.63. The van der Waals surface area contributed by atoms with Gasteiger partial charge in [-0.2, -0.15) is 5.10 Å². The number of carbonyl (C=O) groups excluding carboxylic acids is 1. The molecule has 2 rings (SSSR count). The molecule has 0 radical (unpaired) electrons. The van der Waals surface area contributed by atoms with E-state index in [1.54, 1.807) is 7.05 Å². The van der Waals surface area contributed by atoms with Gasteiger partial charge in [0.15, 0.2) is 5.69 Å². The molecule has 1 aromatic rings. The quantitative estimate of drug-likeness (QED) is 0.634. The molecule has 1 aliphatic heterocycles. The predicted octanol–water partition coefficient (Wildman–Crippen LogP) is 1.68. The van der Waals surface area contributed by atoms with Gasteiger partial charge in [-0.05, 0) is 32.1 Å². The molecule has 0 amide bonds. The fraction of sp³-hybridized carbons (Fsp3) is 0.714. The third kappa shape index (κ3) is 3.30. The van der Waals surface area contributed by atoms with Crippen LogP contribution in [0.3, 0.4) is 0 Å². The second-order valence-electron chi connectivity index (χ2n) is 5.10. The largest absolute Gasteiger partial charge is 0.461 e. The van der Waals surface area contributed by atoms with E-state index in [0.29, 0.717) is 30.5 Å². The number of nitrogens with zero attached hydrogens (tertiary/aromatic N) is 2. The zero-order valence-corrected chi connectivity index (χ0v) is 12.2. The van der Waals surface area contributed by atoms with Gasteiger partial charge in [0.05, 0.1) is 24.1 Å². The Labute approximate surface area is 119 Å². The lowest BCUT2D eigenvalue weighted by Crippen LogP contribution is -2.14. The molecule has 1 aromatic heterocycles. The maximum absolute atomic E-state index is 12.0. The summed E-state index contributed by atoms with van der Waals surface area (Å²) in [7, 11) is 1.71. The topological polar surface area (TPSA) is 79.4 Å². The summed E-state index contributed by atoms with van der Waals surface area (Å²) >= 11 is 0. The van der Waals surface area contributed by atoms with Crippen molar-refractivity contribution in [3.8, 4) is 0 Å². The second-order valence-corrected chi connectivity index (χ2v) is 5.10. The van der Waals surface area contributed by atoms with Crippen molar-refractivity contribution in [2.75, 3.05) is 18.9 Å². The van der Waals surface area contributed by atoms with Crippen LogP contribution in [0.4, 0.5) is 5.69 Å². The highest BCUT2D eigenvalue weighted by Gasteiger charge is 2.20. The van der Waals surface area contributed by atoms with Gasteiger partial charge in [-0.25, -0.2) is 4.79 Å². The van der Waals surface area contributed by atoms with Crippen LogP contribution in [-0.4, -0.2) is 35.1 Å². The first kappa shape index (κ1) is 14.8. The Morgan fingerprint density at radius 2 is 2.40 bits per heavy atom. The molecule has 20 heavy (non-hydrogen) atoms. The number of nitrogen functional groups attached to an aromatic ring is 1. The lowest BCUT2D eigenvalue weighted by molar-refractivity contribution is 0.0450. The second kappa shape index (κ2) is 6.74. The number of hydrogen-bond donors (Lipinski definition) is 1. The van der Waals surface area contributed by atoms with Crippen molar-refractivity contribution >= 4 is 11.7 Å². The number of carbonyl (C=O) groups is 1. The highest BCUT2D eigenvalue weighted by Crippen LogP contribution is 2.19. The third-order valence-electron chi connectivity index (χ3n) is 3.62. The van der Waals surface area contributed by atoms with Crippen LogP contribution in [-0.2, 0) is 22.9 Å². The van der Waals surface area contributed by atoms with E-state index < -0.39 is 5.97 Å². The van der Waals surface area contributed by atoms with E-state index in [0.717, 1.165) is 38.0 Å². The van der Waals surface area contributed by atoms with Gasteiger partial charge < -0.3 is 15.2 Å². The molecule has 0 spiro atoms. The summed E-state index contributed by atoms with van der Waals surface area (Å²) in [5.41, 5.74) is 7.43. The Balaban J connectivity index is 1.81. The van der Waals surface area contributed by atoms with Gasteiger partial charge in [-0.15, -0.1) is 0 Å². The zero-order valence-electron chi connectivity index (χ0n) is 12.2. The third-order valence-corrected chi connectivity index (χ3v) is 3.62. The van der Waals surface area contributed by atoms with Crippen molar-refractivity contribution in [3.05, 3.63) is 11.4 Å². The molecule has 6 heteroatoms. The Bertz CT molecular complexity index is 464. The highest BCUT2D eigenvalue weighted by molar-refractivity contribution is 5.93. The molecular weight excluding hydrogens is 258 g/mol. The van der Waals surface area contributed by atoms with Crippen LogP contribution in [0, 0.1) is 0 Å². The molecule has 1 unspecified atom stereocenters. The van der Waals surface area contributed by atoms with Gasteiger partial charge in [0.1, 0.15) is 0 Å². The van der Waals surface area contributed by atoms with Gasteiger partial charge in [0, 0.05) is 13.7 Å². The molecule has 0 bridgehead atoms. The van der Waals surface area contributed by atoms with Crippen molar-refractivity contribution in [2.24, 2.45) is 7.05 Å². The maximum atomic E-state index is 12.0. The van der Waals surface area contributed by atoms with Crippen LogP contribution in [0.5, 0.6) is 0 Å². The Kier molecular flexibility index (Phi) is 5.00.